The first kappa shape index (κ1) is 26.7. The zero-order valence-corrected chi connectivity index (χ0v) is 22.0. The Balaban J connectivity index is 1.39. The van der Waals surface area contributed by atoms with Gasteiger partial charge in [0.1, 0.15) is 18.1 Å². The molecule has 0 aromatic heterocycles. The first-order valence-electron chi connectivity index (χ1n) is 12.5. The van der Waals surface area contributed by atoms with Gasteiger partial charge in [-0.2, -0.15) is 0 Å². The van der Waals surface area contributed by atoms with Crippen LogP contribution in [-0.2, 0) is 25.2 Å². The third kappa shape index (κ3) is 7.09. The van der Waals surface area contributed by atoms with E-state index in [1.165, 1.54) is 11.3 Å². The van der Waals surface area contributed by atoms with Gasteiger partial charge in [0.05, 0.1) is 0 Å². The fraction of sp³-hybridized carbons (Fsp3) is 0.444. The number of carbonyl (C=O) groups is 3. The van der Waals surface area contributed by atoms with Crippen LogP contribution in [0.5, 0.6) is 11.5 Å². The molecule has 1 saturated carbocycles. The van der Waals surface area contributed by atoms with Gasteiger partial charge in [-0.05, 0) is 56.0 Å². The van der Waals surface area contributed by atoms with E-state index in [1.807, 2.05) is 26.0 Å². The zero-order valence-electron chi connectivity index (χ0n) is 21.2. The van der Waals surface area contributed by atoms with Crippen LogP contribution in [0.25, 0.3) is 0 Å². The highest BCUT2D eigenvalue weighted by Gasteiger charge is 2.25. The molecule has 2 aromatic carbocycles. The highest BCUT2D eigenvalue weighted by molar-refractivity contribution is 7.86. The molecule has 2 N–H and O–H groups in total. The molecule has 1 aliphatic carbocycles. The average molecular weight is 528 g/mol. The van der Waals surface area contributed by atoms with Crippen molar-refractivity contribution in [1.29, 1.82) is 0 Å². The highest BCUT2D eigenvalue weighted by atomic mass is 32.2. The number of benzene rings is 2. The van der Waals surface area contributed by atoms with Crippen LogP contribution in [0.1, 0.15) is 43.2 Å². The van der Waals surface area contributed by atoms with Crippen molar-refractivity contribution in [3.63, 3.8) is 0 Å². The normalized spacial score (nSPS) is 15.6. The van der Waals surface area contributed by atoms with E-state index in [9.17, 15) is 18.6 Å². The summed E-state index contributed by atoms with van der Waals surface area (Å²) in [5.74, 6) is -0.822. The highest BCUT2D eigenvalue weighted by Crippen LogP contribution is 2.34. The van der Waals surface area contributed by atoms with Crippen molar-refractivity contribution in [3.05, 3.63) is 47.5 Å². The van der Waals surface area contributed by atoms with Gasteiger partial charge >= 0.3 is 0 Å². The van der Waals surface area contributed by atoms with Gasteiger partial charge in [-0.3, -0.25) is 18.6 Å². The largest absolute Gasteiger partial charge is 0.454 e. The molecule has 0 unspecified atom stereocenters. The van der Waals surface area contributed by atoms with E-state index < -0.39 is 22.6 Å². The summed E-state index contributed by atoms with van der Waals surface area (Å²) in [7, 11) is -1.77. The Labute approximate surface area is 219 Å². The number of nitrogens with one attached hydrogen (secondary N) is 2. The Morgan fingerprint density at radius 1 is 0.973 bits per heavy atom. The minimum atomic E-state index is -1.77. The van der Waals surface area contributed by atoms with Crippen LogP contribution in [0.4, 0.5) is 11.4 Å². The maximum atomic E-state index is 13.3. The average Bonchev–Trinajstić information content (AvgIpc) is 3.33. The molecule has 4 rings (SSSR count). The Morgan fingerprint density at radius 3 is 2.51 bits per heavy atom. The summed E-state index contributed by atoms with van der Waals surface area (Å²) in [6, 6.07) is 10.6. The SMILES string of the molecule is Cc1cccc(N(CC(=O)NC2CCCCC2)C(=O)C[S@@](=O)CC(=O)Nc2ccc3c(c2)OCO3)c1C. The van der Waals surface area contributed by atoms with E-state index in [2.05, 4.69) is 10.6 Å². The minimum absolute atomic E-state index is 0.116. The summed E-state index contributed by atoms with van der Waals surface area (Å²) in [5.41, 5.74) is 2.93. The van der Waals surface area contributed by atoms with Crippen LogP contribution in [0.15, 0.2) is 36.4 Å². The maximum absolute atomic E-state index is 13.3. The predicted molar refractivity (Wildman–Crippen MR) is 142 cm³/mol. The molecule has 2 aromatic rings. The Bertz CT molecular complexity index is 1190. The van der Waals surface area contributed by atoms with E-state index in [0.29, 0.717) is 22.9 Å². The van der Waals surface area contributed by atoms with Crippen LogP contribution in [-0.4, -0.2) is 52.8 Å². The molecule has 2 aliphatic rings. The molecule has 0 saturated heterocycles. The molecule has 1 aliphatic heterocycles. The number of hydrogen-bond donors (Lipinski definition) is 2. The summed E-state index contributed by atoms with van der Waals surface area (Å²) >= 11 is 0. The molecule has 3 amide bonds. The van der Waals surface area contributed by atoms with Gasteiger partial charge in [-0.15, -0.1) is 0 Å². The Morgan fingerprint density at radius 2 is 1.73 bits per heavy atom. The molecule has 1 heterocycles. The molecule has 1 fully saturated rings. The van der Waals surface area contributed by atoms with Gasteiger partial charge in [0.25, 0.3) is 0 Å². The second kappa shape index (κ2) is 12.2. The van der Waals surface area contributed by atoms with E-state index in [1.54, 1.807) is 24.3 Å². The van der Waals surface area contributed by atoms with Gasteiger partial charge in [-0.25, -0.2) is 0 Å². The smallest absolute Gasteiger partial charge is 0.240 e. The molecule has 37 heavy (non-hydrogen) atoms. The zero-order chi connectivity index (χ0) is 26.4. The monoisotopic (exact) mass is 527 g/mol. The number of rotatable bonds is 9. The van der Waals surface area contributed by atoms with Crippen molar-refractivity contribution < 1.29 is 28.1 Å². The van der Waals surface area contributed by atoms with Crippen molar-refractivity contribution in [3.8, 4) is 11.5 Å². The lowest BCUT2D eigenvalue weighted by molar-refractivity contribution is -0.123. The molecule has 198 valence electrons. The summed E-state index contributed by atoms with van der Waals surface area (Å²) < 4.78 is 23.4. The second-order valence-electron chi connectivity index (χ2n) is 9.45. The summed E-state index contributed by atoms with van der Waals surface area (Å²) in [6.45, 7) is 3.77. The van der Waals surface area contributed by atoms with Crippen molar-refractivity contribution in [2.45, 2.75) is 52.0 Å². The number of fused-ring (bicyclic) bond motifs is 1. The summed E-state index contributed by atoms with van der Waals surface area (Å²) in [6.07, 6.45) is 5.21. The van der Waals surface area contributed by atoms with Crippen LogP contribution < -0.4 is 25.0 Å². The lowest BCUT2D eigenvalue weighted by atomic mass is 9.95. The number of nitrogens with zero attached hydrogens (tertiary/aromatic N) is 1. The number of hydrogen-bond acceptors (Lipinski definition) is 6. The number of carbonyl (C=O) groups excluding carboxylic acids is 3. The lowest BCUT2D eigenvalue weighted by Gasteiger charge is -2.27. The number of ether oxygens (including phenoxy) is 2. The first-order valence-corrected chi connectivity index (χ1v) is 14.0. The molecular formula is C27H33N3O6S. The molecule has 1 atom stereocenters. The topological polar surface area (TPSA) is 114 Å². The van der Waals surface area contributed by atoms with Crippen molar-refractivity contribution in [1.82, 2.24) is 5.32 Å². The molecular weight excluding hydrogens is 494 g/mol. The quantitative estimate of drug-likeness (QED) is 0.518. The maximum Gasteiger partial charge on any atom is 0.240 e. The molecule has 9 nitrogen and oxygen atoms in total. The lowest BCUT2D eigenvalue weighted by Crippen LogP contribution is -2.46. The molecule has 0 bridgehead atoms. The van der Waals surface area contributed by atoms with Crippen LogP contribution in [0.2, 0.25) is 0 Å². The third-order valence-corrected chi connectivity index (χ3v) is 7.83. The van der Waals surface area contributed by atoms with Crippen molar-refractivity contribution >= 4 is 39.9 Å². The summed E-state index contributed by atoms with van der Waals surface area (Å²) in [4.78, 5) is 40.0. The fourth-order valence-electron chi connectivity index (χ4n) is 4.58. The van der Waals surface area contributed by atoms with E-state index in [4.69, 9.17) is 9.47 Å². The van der Waals surface area contributed by atoms with Crippen molar-refractivity contribution in [2.24, 2.45) is 0 Å². The van der Waals surface area contributed by atoms with Gasteiger partial charge in [-0.1, -0.05) is 31.4 Å². The standard InChI is InChI=1S/C27H33N3O6S/c1-18-7-6-10-22(19(18)2)30(14-25(31)28-20-8-4-3-5-9-20)27(33)16-37(34)15-26(32)29-21-11-12-23-24(13-21)36-17-35-23/h6-7,10-13,20H,3-5,8-9,14-17H2,1-2H3,(H,28,31)(H,29,32)/t37-/m0/s1. The van der Waals surface area contributed by atoms with Crippen molar-refractivity contribution in [2.75, 3.05) is 35.1 Å². The second-order valence-corrected chi connectivity index (χ2v) is 10.9. The molecule has 0 spiro atoms. The Kier molecular flexibility index (Phi) is 8.81. The van der Waals surface area contributed by atoms with Gasteiger partial charge in [0.2, 0.25) is 24.5 Å². The van der Waals surface area contributed by atoms with E-state index >= 15 is 0 Å². The number of anilines is 2. The van der Waals surface area contributed by atoms with Crippen LogP contribution in [0.3, 0.4) is 0 Å². The molecule has 0 radical (unpaired) electrons. The molecule has 10 heteroatoms. The minimum Gasteiger partial charge on any atom is -0.454 e. The van der Waals surface area contributed by atoms with Crippen LogP contribution in [0, 0.1) is 13.8 Å². The third-order valence-electron chi connectivity index (χ3n) is 6.67. The number of amides is 3. The Hall–Kier alpha value is -3.40. The van der Waals surface area contributed by atoms with Crippen LogP contribution >= 0.6 is 0 Å². The number of aryl methyl sites for hydroxylation is 1. The predicted octanol–water partition coefficient (Wildman–Crippen LogP) is 3.20. The first-order chi connectivity index (χ1) is 17.8. The van der Waals surface area contributed by atoms with Gasteiger partial charge < -0.3 is 25.0 Å². The van der Waals surface area contributed by atoms with Gasteiger partial charge in [0.15, 0.2) is 11.5 Å². The summed E-state index contributed by atoms with van der Waals surface area (Å²) in [5, 5.41) is 5.72. The van der Waals surface area contributed by atoms with E-state index in [0.717, 1.165) is 36.8 Å². The fourth-order valence-corrected chi connectivity index (χ4v) is 5.48. The van der Waals surface area contributed by atoms with E-state index in [-0.39, 0.29) is 36.8 Å². The van der Waals surface area contributed by atoms with Gasteiger partial charge in [0, 0.05) is 34.3 Å².